The average Bonchev–Trinajstić information content (AvgIpc) is 2.89. The minimum Gasteiger partial charge on any atom is -0.490 e. The number of para-hydroxylation sites is 2. The molecule has 11 heteroatoms. The third kappa shape index (κ3) is 5.21. The maximum atomic E-state index is 13.4. The molecule has 0 saturated heterocycles. The third-order valence-electron chi connectivity index (χ3n) is 5.84. The number of alkyl halides is 3. The molecule has 7 nitrogen and oxygen atoms in total. The molecule has 0 spiro atoms. The lowest BCUT2D eigenvalue weighted by molar-refractivity contribution is -0.139. The van der Waals surface area contributed by atoms with Gasteiger partial charge in [0.2, 0.25) is 0 Å². The van der Waals surface area contributed by atoms with Crippen LogP contribution < -0.4 is 14.4 Å². The molecule has 0 bridgehead atoms. The molecule has 1 aliphatic rings. The lowest BCUT2D eigenvalue weighted by Crippen LogP contribution is -2.32. The Bertz CT molecular complexity index is 1530. The number of nitrogens with zero attached hydrogens (tertiary/aromatic N) is 3. The number of ether oxygens (including phenoxy) is 1. The molecule has 3 aromatic carbocycles. The van der Waals surface area contributed by atoms with Crippen molar-refractivity contribution in [2.24, 2.45) is 0 Å². The molecule has 0 saturated carbocycles. The van der Waals surface area contributed by atoms with Crippen molar-refractivity contribution in [3.05, 3.63) is 96.3 Å². The summed E-state index contributed by atoms with van der Waals surface area (Å²) in [5, 5.41) is 0. The van der Waals surface area contributed by atoms with Crippen LogP contribution in [0.2, 0.25) is 0 Å². The number of benzene rings is 3. The van der Waals surface area contributed by atoms with E-state index in [9.17, 15) is 21.6 Å². The van der Waals surface area contributed by atoms with Gasteiger partial charge in [-0.1, -0.05) is 48.5 Å². The number of rotatable bonds is 6. The number of nitrogens with one attached hydrogen (secondary N) is 1. The molecule has 0 fully saturated rings. The fraction of sp³-hybridized carbons (Fsp3) is 0.154. The molecule has 37 heavy (non-hydrogen) atoms. The number of halogens is 3. The van der Waals surface area contributed by atoms with E-state index in [-0.39, 0.29) is 11.5 Å². The zero-order chi connectivity index (χ0) is 26.0. The number of fused-ring (bicyclic) bond motifs is 1. The van der Waals surface area contributed by atoms with Crippen LogP contribution in [-0.4, -0.2) is 31.5 Å². The van der Waals surface area contributed by atoms with E-state index in [0.29, 0.717) is 18.7 Å². The summed E-state index contributed by atoms with van der Waals surface area (Å²) in [6, 6.07) is 19.1. The molecule has 1 N–H and O–H groups in total. The maximum absolute atomic E-state index is 13.4. The van der Waals surface area contributed by atoms with Gasteiger partial charge in [-0.15, -0.1) is 0 Å². The van der Waals surface area contributed by atoms with Crippen molar-refractivity contribution >= 4 is 21.5 Å². The van der Waals surface area contributed by atoms with Gasteiger partial charge in [-0.3, -0.25) is 9.71 Å². The Morgan fingerprint density at radius 3 is 2.41 bits per heavy atom. The van der Waals surface area contributed by atoms with Crippen LogP contribution in [0.5, 0.6) is 5.75 Å². The summed E-state index contributed by atoms with van der Waals surface area (Å²) in [6.45, 7) is 1.94. The predicted octanol–water partition coefficient (Wildman–Crippen LogP) is 5.36. The Hall–Kier alpha value is -4.12. The molecule has 4 aromatic rings. The van der Waals surface area contributed by atoms with Crippen LogP contribution in [0, 0.1) is 0 Å². The van der Waals surface area contributed by atoms with Gasteiger partial charge in [0.05, 0.1) is 22.7 Å². The SMILES string of the molecule is O=S(=O)(Nc1nccnc1-c1ccc(CN2CCOc3ccccc32)cc1)c1ccccc1C(F)(F)F. The summed E-state index contributed by atoms with van der Waals surface area (Å²) in [6.07, 6.45) is -2.19. The van der Waals surface area contributed by atoms with E-state index in [2.05, 4.69) is 19.6 Å². The number of anilines is 2. The van der Waals surface area contributed by atoms with Crippen molar-refractivity contribution in [3.63, 3.8) is 0 Å². The van der Waals surface area contributed by atoms with Crippen LogP contribution in [0.4, 0.5) is 24.7 Å². The Morgan fingerprint density at radius 1 is 0.919 bits per heavy atom. The van der Waals surface area contributed by atoms with Gasteiger partial charge in [0.1, 0.15) is 18.1 Å². The van der Waals surface area contributed by atoms with E-state index in [0.717, 1.165) is 41.7 Å². The minimum absolute atomic E-state index is 0.172. The summed E-state index contributed by atoms with van der Waals surface area (Å²) in [5.74, 6) is 0.656. The minimum atomic E-state index is -4.84. The van der Waals surface area contributed by atoms with Gasteiger partial charge in [0.25, 0.3) is 10.0 Å². The Labute approximate surface area is 211 Å². The van der Waals surface area contributed by atoms with Gasteiger partial charge >= 0.3 is 6.18 Å². The largest absolute Gasteiger partial charge is 0.490 e. The molecule has 1 aliphatic heterocycles. The molecule has 190 valence electrons. The third-order valence-corrected chi connectivity index (χ3v) is 7.23. The molecular weight excluding hydrogens is 505 g/mol. The molecule has 0 aliphatic carbocycles. The van der Waals surface area contributed by atoms with Gasteiger partial charge in [0, 0.05) is 24.5 Å². The molecule has 2 heterocycles. The molecule has 0 atom stereocenters. The monoisotopic (exact) mass is 526 g/mol. The van der Waals surface area contributed by atoms with Crippen molar-refractivity contribution in [1.29, 1.82) is 0 Å². The molecule has 0 radical (unpaired) electrons. The lowest BCUT2D eigenvalue weighted by Gasteiger charge is -2.31. The van der Waals surface area contributed by atoms with Crippen LogP contribution in [0.15, 0.2) is 90.1 Å². The summed E-state index contributed by atoms with van der Waals surface area (Å²) in [4.78, 5) is 9.59. The zero-order valence-corrected chi connectivity index (χ0v) is 20.1. The Kier molecular flexibility index (Phi) is 6.46. The molecule has 1 aromatic heterocycles. The molecule has 0 amide bonds. The summed E-state index contributed by atoms with van der Waals surface area (Å²) in [7, 11) is -4.60. The Balaban J connectivity index is 1.40. The van der Waals surface area contributed by atoms with Gasteiger partial charge in [-0.2, -0.15) is 13.2 Å². The Morgan fingerprint density at radius 2 is 1.62 bits per heavy atom. The summed E-state index contributed by atoms with van der Waals surface area (Å²) < 4.78 is 74.0. The zero-order valence-electron chi connectivity index (χ0n) is 19.3. The first-order valence-electron chi connectivity index (χ1n) is 11.3. The van der Waals surface area contributed by atoms with Crippen LogP contribution in [0.3, 0.4) is 0 Å². The van der Waals surface area contributed by atoms with Crippen LogP contribution in [0.25, 0.3) is 11.3 Å². The van der Waals surface area contributed by atoms with E-state index >= 15 is 0 Å². The highest BCUT2D eigenvalue weighted by Gasteiger charge is 2.37. The summed E-state index contributed by atoms with van der Waals surface area (Å²) in [5.41, 5.74) is 1.50. The van der Waals surface area contributed by atoms with Gasteiger partial charge in [-0.05, 0) is 29.8 Å². The van der Waals surface area contributed by atoms with E-state index in [1.807, 2.05) is 36.4 Å². The predicted molar refractivity (Wildman–Crippen MR) is 133 cm³/mol. The van der Waals surface area contributed by atoms with Crippen molar-refractivity contribution in [2.45, 2.75) is 17.6 Å². The fourth-order valence-electron chi connectivity index (χ4n) is 4.12. The van der Waals surface area contributed by atoms with Gasteiger partial charge in [-0.25, -0.2) is 13.4 Å². The van der Waals surface area contributed by atoms with E-state index in [4.69, 9.17) is 4.74 Å². The molecule has 0 unspecified atom stereocenters. The first-order chi connectivity index (χ1) is 17.7. The smallest absolute Gasteiger partial charge is 0.417 e. The number of sulfonamides is 1. The average molecular weight is 527 g/mol. The maximum Gasteiger partial charge on any atom is 0.417 e. The normalized spacial score (nSPS) is 13.5. The van der Waals surface area contributed by atoms with Gasteiger partial charge < -0.3 is 9.64 Å². The molecule has 5 rings (SSSR count). The number of hydrogen-bond donors (Lipinski definition) is 1. The van der Waals surface area contributed by atoms with Crippen molar-refractivity contribution in [2.75, 3.05) is 22.8 Å². The van der Waals surface area contributed by atoms with Crippen molar-refractivity contribution in [1.82, 2.24) is 9.97 Å². The molecular formula is C26H21F3N4O3S. The first kappa shape index (κ1) is 24.6. The quantitative estimate of drug-likeness (QED) is 0.364. The highest BCUT2D eigenvalue weighted by molar-refractivity contribution is 7.92. The second-order valence-electron chi connectivity index (χ2n) is 8.29. The summed E-state index contributed by atoms with van der Waals surface area (Å²) >= 11 is 0. The standard InChI is InChI=1S/C26H21F3N4O3S/c27-26(28,29)20-5-1-4-8-23(20)37(34,35)32-25-24(30-13-14-31-25)19-11-9-18(10-12-19)17-33-15-16-36-22-7-3-2-6-21(22)33/h1-14H,15-17H2,(H,31,32). The van der Waals surface area contributed by atoms with Crippen LogP contribution >= 0.6 is 0 Å². The van der Waals surface area contributed by atoms with Gasteiger partial charge in [0.15, 0.2) is 5.82 Å². The second-order valence-corrected chi connectivity index (χ2v) is 9.94. The highest BCUT2D eigenvalue weighted by Crippen LogP contribution is 2.36. The number of hydrogen-bond acceptors (Lipinski definition) is 6. The number of aromatic nitrogens is 2. The topological polar surface area (TPSA) is 84.4 Å². The van der Waals surface area contributed by atoms with E-state index in [1.54, 1.807) is 12.1 Å². The van der Waals surface area contributed by atoms with E-state index in [1.165, 1.54) is 18.5 Å². The van der Waals surface area contributed by atoms with Crippen LogP contribution in [-0.2, 0) is 22.7 Å². The lowest BCUT2D eigenvalue weighted by atomic mass is 10.1. The fourth-order valence-corrected chi connectivity index (χ4v) is 5.37. The highest BCUT2D eigenvalue weighted by atomic mass is 32.2. The second kappa shape index (κ2) is 9.74. The van der Waals surface area contributed by atoms with Crippen molar-refractivity contribution in [3.8, 4) is 17.0 Å². The first-order valence-corrected chi connectivity index (χ1v) is 12.8. The van der Waals surface area contributed by atoms with E-state index < -0.39 is 26.7 Å². The van der Waals surface area contributed by atoms with Crippen LogP contribution in [0.1, 0.15) is 11.1 Å². The van der Waals surface area contributed by atoms with Crippen molar-refractivity contribution < 1.29 is 26.3 Å².